The Hall–Kier alpha value is -1.47. The van der Waals surface area contributed by atoms with E-state index in [-0.39, 0.29) is 12.2 Å². The summed E-state index contributed by atoms with van der Waals surface area (Å²) in [5.41, 5.74) is 5.36. The molecule has 106 valence electrons. The van der Waals surface area contributed by atoms with E-state index < -0.39 is 11.7 Å². The van der Waals surface area contributed by atoms with Crippen LogP contribution < -0.4 is 11.1 Å². The largest absolute Gasteiger partial charge is 0.444 e. The number of anilines is 1. The van der Waals surface area contributed by atoms with Crippen LogP contribution in [0.25, 0.3) is 0 Å². The predicted octanol–water partition coefficient (Wildman–Crippen LogP) is 2.33. The molecule has 0 aliphatic rings. The molecule has 0 saturated carbocycles. The summed E-state index contributed by atoms with van der Waals surface area (Å²) in [4.78, 5) is 28.0. The van der Waals surface area contributed by atoms with Crippen molar-refractivity contribution in [2.75, 3.05) is 11.9 Å². The molecule has 6 nitrogen and oxygen atoms in total. The lowest BCUT2D eigenvalue weighted by Crippen LogP contribution is -2.27. The van der Waals surface area contributed by atoms with Crippen molar-refractivity contribution in [1.82, 2.24) is 4.98 Å². The molecule has 0 bridgehead atoms. The fourth-order valence-corrected chi connectivity index (χ4v) is 2.26. The summed E-state index contributed by atoms with van der Waals surface area (Å²) < 4.78 is 5.11. The van der Waals surface area contributed by atoms with Crippen LogP contribution >= 0.6 is 11.3 Å². The summed E-state index contributed by atoms with van der Waals surface area (Å²) in [7, 11) is 0. The standard InChI is InChI=1S/C12H19N3O3S/c1-7-9(8(16)5-6-13)19-10(14-7)15-11(17)18-12(2,3)4/h5-6,13H2,1-4H3,(H,14,15,17). The maximum absolute atomic E-state index is 11.7. The van der Waals surface area contributed by atoms with Crippen LogP contribution in [0.15, 0.2) is 0 Å². The number of aryl methyl sites for hydroxylation is 1. The van der Waals surface area contributed by atoms with Crippen molar-refractivity contribution in [3.05, 3.63) is 10.6 Å². The second-order valence-corrected chi connectivity index (χ2v) is 6.02. The summed E-state index contributed by atoms with van der Waals surface area (Å²) in [5, 5.41) is 2.87. The number of nitrogens with two attached hydrogens (primary N) is 1. The van der Waals surface area contributed by atoms with E-state index in [4.69, 9.17) is 10.5 Å². The van der Waals surface area contributed by atoms with Gasteiger partial charge in [0.25, 0.3) is 0 Å². The van der Waals surface area contributed by atoms with E-state index in [1.54, 1.807) is 27.7 Å². The lowest BCUT2D eigenvalue weighted by atomic mass is 10.2. The van der Waals surface area contributed by atoms with Crippen molar-refractivity contribution in [3.8, 4) is 0 Å². The number of carbonyl (C=O) groups is 2. The first-order valence-corrected chi connectivity index (χ1v) is 6.75. The Bertz CT molecular complexity index is 477. The molecule has 3 N–H and O–H groups in total. The molecular formula is C12H19N3O3S. The van der Waals surface area contributed by atoms with Gasteiger partial charge in [-0.15, -0.1) is 0 Å². The van der Waals surface area contributed by atoms with E-state index in [2.05, 4.69) is 10.3 Å². The van der Waals surface area contributed by atoms with Crippen LogP contribution in [0.3, 0.4) is 0 Å². The summed E-state index contributed by atoms with van der Waals surface area (Å²) in [5.74, 6) is -0.0604. The molecule has 0 aromatic carbocycles. The van der Waals surface area contributed by atoms with Crippen LogP contribution in [-0.4, -0.2) is 29.0 Å². The minimum atomic E-state index is -0.584. The number of amides is 1. The van der Waals surface area contributed by atoms with Crippen molar-refractivity contribution in [2.24, 2.45) is 5.73 Å². The number of rotatable bonds is 4. The highest BCUT2D eigenvalue weighted by Gasteiger charge is 2.19. The van der Waals surface area contributed by atoms with Gasteiger partial charge in [0.05, 0.1) is 10.6 Å². The molecule has 0 spiro atoms. The quantitative estimate of drug-likeness (QED) is 0.828. The Kier molecular flexibility index (Phi) is 5.02. The average Bonchev–Trinajstić information content (AvgIpc) is 2.56. The van der Waals surface area contributed by atoms with Crippen molar-refractivity contribution in [1.29, 1.82) is 0 Å². The zero-order chi connectivity index (χ0) is 14.6. The molecule has 1 aromatic heterocycles. The van der Waals surface area contributed by atoms with E-state index in [1.165, 1.54) is 0 Å². The zero-order valence-electron chi connectivity index (χ0n) is 11.6. The SMILES string of the molecule is Cc1nc(NC(=O)OC(C)(C)C)sc1C(=O)CCN. The van der Waals surface area contributed by atoms with Gasteiger partial charge in [-0.25, -0.2) is 9.78 Å². The second-order valence-electron chi connectivity index (χ2n) is 5.02. The number of hydrogen-bond donors (Lipinski definition) is 2. The Morgan fingerprint density at radius 2 is 2.05 bits per heavy atom. The summed E-state index contributed by atoms with van der Waals surface area (Å²) in [6.07, 6.45) is -0.311. The molecule has 1 aromatic rings. The molecule has 19 heavy (non-hydrogen) atoms. The van der Waals surface area contributed by atoms with Crippen molar-refractivity contribution < 1.29 is 14.3 Å². The summed E-state index contributed by atoms with van der Waals surface area (Å²) in [6, 6.07) is 0. The van der Waals surface area contributed by atoms with Gasteiger partial charge in [0.1, 0.15) is 5.60 Å². The fraction of sp³-hybridized carbons (Fsp3) is 0.583. The monoisotopic (exact) mass is 285 g/mol. The number of nitrogens with zero attached hydrogens (tertiary/aromatic N) is 1. The molecule has 0 radical (unpaired) electrons. The van der Waals surface area contributed by atoms with E-state index in [0.29, 0.717) is 22.2 Å². The van der Waals surface area contributed by atoms with Gasteiger partial charge in [-0.3, -0.25) is 10.1 Å². The summed E-state index contributed by atoms with van der Waals surface area (Å²) in [6.45, 7) is 7.34. The first-order valence-electron chi connectivity index (χ1n) is 5.93. The van der Waals surface area contributed by atoms with Gasteiger partial charge in [0.15, 0.2) is 10.9 Å². The highest BCUT2D eigenvalue weighted by Crippen LogP contribution is 2.24. The molecule has 0 atom stereocenters. The van der Waals surface area contributed by atoms with E-state index in [9.17, 15) is 9.59 Å². The number of hydrogen-bond acceptors (Lipinski definition) is 6. The number of aromatic nitrogens is 1. The highest BCUT2D eigenvalue weighted by molar-refractivity contribution is 7.17. The van der Waals surface area contributed by atoms with Gasteiger partial charge < -0.3 is 10.5 Å². The Balaban J connectivity index is 2.74. The van der Waals surface area contributed by atoms with Crippen LogP contribution in [0.2, 0.25) is 0 Å². The lowest BCUT2D eigenvalue weighted by molar-refractivity contribution is 0.0635. The van der Waals surface area contributed by atoms with Crippen molar-refractivity contribution in [2.45, 2.75) is 39.7 Å². The third-order valence-electron chi connectivity index (χ3n) is 2.03. The Morgan fingerprint density at radius 1 is 1.42 bits per heavy atom. The number of nitrogens with one attached hydrogen (secondary N) is 1. The fourth-order valence-electron chi connectivity index (χ4n) is 1.34. The first-order chi connectivity index (χ1) is 8.73. The molecule has 0 fully saturated rings. The molecule has 1 heterocycles. The Labute approximate surface area is 116 Å². The molecule has 1 amide bonds. The van der Waals surface area contributed by atoms with Crippen LogP contribution in [0.4, 0.5) is 9.93 Å². The first kappa shape index (κ1) is 15.6. The smallest absolute Gasteiger partial charge is 0.413 e. The van der Waals surface area contributed by atoms with E-state index in [1.807, 2.05) is 0 Å². The molecule has 0 aliphatic heterocycles. The molecule has 1 rings (SSSR count). The number of thiazole rings is 1. The topological polar surface area (TPSA) is 94.3 Å². The number of ketones is 1. The maximum atomic E-state index is 11.7. The number of Topliss-reactive ketones (excluding diaryl/α,β-unsaturated/α-hetero) is 1. The Morgan fingerprint density at radius 3 is 2.58 bits per heavy atom. The van der Waals surface area contributed by atoms with Crippen molar-refractivity contribution in [3.63, 3.8) is 0 Å². The third-order valence-corrected chi connectivity index (χ3v) is 3.14. The van der Waals surface area contributed by atoms with Gasteiger partial charge >= 0.3 is 6.09 Å². The van der Waals surface area contributed by atoms with Gasteiger partial charge in [-0.2, -0.15) is 0 Å². The minimum Gasteiger partial charge on any atom is -0.444 e. The molecule has 0 saturated heterocycles. The third kappa shape index (κ3) is 4.96. The molecular weight excluding hydrogens is 266 g/mol. The predicted molar refractivity (Wildman–Crippen MR) is 74.7 cm³/mol. The van der Waals surface area contributed by atoms with Gasteiger partial charge in [-0.1, -0.05) is 11.3 Å². The van der Waals surface area contributed by atoms with E-state index >= 15 is 0 Å². The second kappa shape index (κ2) is 6.12. The van der Waals surface area contributed by atoms with Crippen LogP contribution in [-0.2, 0) is 4.74 Å². The van der Waals surface area contributed by atoms with E-state index in [0.717, 1.165) is 11.3 Å². The minimum absolute atomic E-state index is 0.0604. The number of carbonyl (C=O) groups excluding carboxylic acids is 2. The van der Waals surface area contributed by atoms with Crippen LogP contribution in [0, 0.1) is 6.92 Å². The van der Waals surface area contributed by atoms with Gasteiger partial charge in [0, 0.05) is 6.42 Å². The summed E-state index contributed by atoms with van der Waals surface area (Å²) >= 11 is 1.13. The normalized spacial score (nSPS) is 11.2. The maximum Gasteiger partial charge on any atom is 0.413 e. The molecule has 0 aliphatic carbocycles. The number of ether oxygens (including phenoxy) is 1. The highest BCUT2D eigenvalue weighted by atomic mass is 32.1. The zero-order valence-corrected chi connectivity index (χ0v) is 12.4. The lowest BCUT2D eigenvalue weighted by Gasteiger charge is -2.18. The van der Waals surface area contributed by atoms with Crippen LogP contribution in [0.5, 0.6) is 0 Å². The molecule has 0 unspecified atom stereocenters. The average molecular weight is 285 g/mol. The van der Waals surface area contributed by atoms with Crippen LogP contribution in [0.1, 0.15) is 42.6 Å². The molecule has 7 heteroatoms. The van der Waals surface area contributed by atoms with Crippen molar-refractivity contribution >= 4 is 28.3 Å². The van der Waals surface area contributed by atoms with Gasteiger partial charge in [-0.05, 0) is 34.2 Å². The van der Waals surface area contributed by atoms with Gasteiger partial charge in [0.2, 0.25) is 0 Å².